The number of rotatable bonds is 7. The number of hydrogen-bond acceptors (Lipinski definition) is 7. The van der Waals surface area contributed by atoms with E-state index in [1.807, 2.05) is 35.2 Å². The molecule has 8 heteroatoms. The molecule has 1 fully saturated rings. The van der Waals surface area contributed by atoms with E-state index < -0.39 is 0 Å². The van der Waals surface area contributed by atoms with Crippen LogP contribution < -0.4 is 19.1 Å². The van der Waals surface area contributed by atoms with Gasteiger partial charge < -0.3 is 24.0 Å². The number of amides is 1. The molecule has 0 N–H and O–H groups in total. The predicted octanol–water partition coefficient (Wildman–Crippen LogP) is 3.90. The summed E-state index contributed by atoms with van der Waals surface area (Å²) in [5, 5.41) is 9.42. The van der Waals surface area contributed by atoms with Crippen molar-refractivity contribution in [1.29, 1.82) is 5.26 Å². The second-order valence-electron chi connectivity index (χ2n) is 8.10. The van der Waals surface area contributed by atoms with Crippen molar-refractivity contribution in [1.82, 2.24) is 9.88 Å². The van der Waals surface area contributed by atoms with E-state index in [1.165, 1.54) is 0 Å². The lowest BCUT2D eigenvalue weighted by atomic mass is 10.1. The van der Waals surface area contributed by atoms with Gasteiger partial charge in [0.1, 0.15) is 18.5 Å². The number of pyridine rings is 1. The number of benzene rings is 2. The van der Waals surface area contributed by atoms with Crippen LogP contribution in [0, 0.1) is 11.3 Å². The highest BCUT2D eigenvalue weighted by Gasteiger charge is 2.25. The molecule has 1 saturated heterocycles. The van der Waals surface area contributed by atoms with Gasteiger partial charge in [-0.2, -0.15) is 5.26 Å². The minimum atomic E-state index is -0.111. The molecule has 0 bridgehead atoms. The zero-order chi connectivity index (χ0) is 24.6. The van der Waals surface area contributed by atoms with E-state index >= 15 is 0 Å². The van der Waals surface area contributed by atoms with Gasteiger partial charge in [-0.25, -0.2) is 4.98 Å². The van der Waals surface area contributed by atoms with Crippen LogP contribution in [0.1, 0.15) is 27.9 Å². The molecule has 35 heavy (non-hydrogen) atoms. The van der Waals surface area contributed by atoms with Crippen LogP contribution in [0.3, 0.4) is 0 Å². The number of ether oxygens (including phenoxy) is 3. The second kappa shape index (κ2) is 11.3. The summed E-state index contributed by atoms with van der Waals surface area (Å²) < 4.78 is 17.1. The van der Waals surface area contributed by atoms with Crippen LogP contribution in [-0.4, -0.2) is 56.2 Å². The number of hydrogen-bond donors (Lipinski definition) is 0. The molecular weight excluding hydrogens is 444 g/mol. The van der Waals surface area contributed by atoms with Gasteiger partial charge in [-0.3, -0.25) is 4.79 Å². The Morgan fingerprint density at radius 1 is 1.00 bits per heavy atom. The molecule has 0 saturated carbocycles. The van der Waals surface area contributed by atoms with Gasteiger partial charge in [-0.1, -0.05) is 30.3 Å². The first-order chi connectivity index (χ1) is 17.1. The molecule has 1 aliphatic heterocycles. The van der Waals surface area contributed by atoms with Gasteiger partial charge in [0.25, 0.3) is 5.91 Å². The van der Waals surface area contributed by atoms with Crippen molar-refractivity contribution < 1.29 is 19.0 Å². The lowest BCUT2D eigenvalue weighted by molar-refractivity contribution is 0.0766. The number of carbonyl (C=O) groups excluding carboxylic acids is 1. The van der Waals surface area contributed by atoms with Crippen molar-refractivity contribution >= 4 is 11.7 Å². The van der Waals surface area contributed by atoms with Crippen LogP contribution in [0.15, 0.2) is 60.8 Å². The van der Waals surface area contributed by atoms with Crippen molar-refractivity contribution in [3.63, 3.8) is 0 Å². The monoisotopic (exact) mass is 472 g/mol. The van der Waals surface area contributed by atoms with Gasteiger partial charge in [-0.15, -0.1) is 0 Å². The maximum Gasteiger partial charge on any atom is 0.254 e. The van der Waals surface area contributed by atoms with Crippen molar-refractivity contribution in [2.24, 2.45) is 0 Å². The van der Waals surface area contributed by atoms with Gasteiger partial charge in [-0.05, 0) is 36.2 Å². The number of nitriles is 1. The maximum atomic E-state index is 13.4. The molecule has 8 nitrogen and oxygen atoms in total. The van der Waals surface area contributed by atoms with Crippen LogP contribution in [0.2, 0.25) is 0 Å². The fraction of sp³-hybridized carbons (Fsp3) is 0.296. The molecule has 4 rings (SSSR count). The fourth-order valence-corrected chi connectivity index (χ4v) is 4.13. The smallest absolute Gasteiger partial charge is 0.254 e. The molecule has 0 radical (unpaired) electrons. The minimum Gasteiger partial charge on any atom is -0.493 e. The Morgan fingerprint density at radius 2 is 1.74 bits per heavy atom. The fourth-order valence-electron chi connectivity index (χ4n) is 4.13. The van der Waals surface area contributed by atoms with Crippen LogP contribution in [-0.2, 0) is 6.61 Å². The highest BCUT2D eigenvalue weighted by Crippen LogP contribution is 2.39. The summed E-state index contributed by atoms with van der Waals surface area (Å²) in [7, 11) is 3.09. The first kappa shape index (κ1) is 23.9. The normalized spacial score (nSPS) is 13.5. The van der Waals surface area contributed by atoms with Crippen molar-refractivity contribution in [2.45, 2.75) is 13.0 Å². The van der Waals surface area contributed by atoms with Crippen molar-refractivity contribution in [3.05, 3.63) is 77.5 Å². The molecule has 180 valence electrons. The van der Waals surface area contributed by atoms with Gasteiger partial charge in [0.15, 0.2) is 11.5 Å². The van der Waals surface area contributed by atoms with Gasteiger partial charge in [0, 0.05) is 37.9 Å². The number of anilines is 1. The minimum absolute atomic E-state index is 0.111. The van der Waals surface area contributed by atoms with E-state index in [0.29, 0.717) is 67.0 Å². The van der Waals surface area contributed by atoms with Crippen molar-refractivity contribution in [3.8, 4) is 23.3 Å². The lowest BCUT2D eigenvalue weighted by Gasteiger charge is -2.24. The molecular formula is C27H28N4O4. The highest BCUT2D eigenvalue weighted by molar-refractivity contribution is 5.95. The summed E-state index contributed by atoms with van der Waals surface area (Å²) >= 11 is 0. The molecule has 3 aromatic rings. The first-order valence-corrected chi connectivity index (χ1v) is 11.5. The Balaban J connectivity index is 1.51. The summed E-state index contributed by atoms with van der Waals surface area (Å²) in [6, 6.07) is 18.9. The first-order valence-electron chi connectivity index (χ1n) is 11.5. The standard InChI is InChI=1S/C27H28N4O4/c1-33-23-16-22(17-24(34-2)25(23)35-19-20-8-4-3-5-9-20)27(32)31-13-7-12-30(14-15-31)26-21(18-28)10-6-11-29-26/h3-6,8-11,16-17H,7,12-15,19H2,1-2H3. The Labute approximate surface area is 205 Å². The average Bonchev–Trinajstić information content (AvgIpc) is 3.17. The Hall–Kier alpha value is -4.25. The quantitative estimate of drug-likeness (QED) is 0.515. The molecule has 0 unspecified atom stereocenters. The molecule has 0 aliphatic carbocycles. The molecule has 0 atom stereocenters. The molecule has 0 spiro atoms. The third-order valence-corrected chi connectivity index (χ3v) is 5.92. The van der Waals surface area contributed by atoms with E-state index in [2.05, 4.69) is 16.0 Å². The number of carbonyl (C=O) groups is 1. The van der Waals surface area contributed by atoms with E-state index in [9.17, 15) is 10.1 Å². The van der Waals surface area contributed by atoms with E-state index in [-0.39, 0.29) is 5.91 Å². The Kier molecular flexibility index (Phi) is 7.68. The van der Waals surface area contributed by atoms with Crippen LogP contribution in [0.5, 0.6) is 17.2 Å². The van der Waals surface area contributed by atoms with Crippen LogP contribution in [0.25, 0.3) is 0 Å². The SMILES string of the molecule is COc1cc(C(=O)N2CCCN(c3ncccc3C#N)CC2)cc(OC)c1OCc1ccccc1. The molecule has 1 amide bonds. The zero-order valence-corrected chi connectivity index (χ0v) is 19.9. The molecule has 2 aromatic carbocycles. The van der Waals surface area contributed by atoms with Crippen LogP contribution in [0.4, 0.5) is 5.82 Å². The molecule has 1 aromatic heterocycles. The summed E-state index contributed by atoms with van der Waals surface area (Å²) in [6.07, 6.45) is 2.45. The third-order valence-electron chi connectivity index (χ3n) is 5.92. The second-order valence-corrected chi connectivity index (χ2v) is 8.10. The van der Waals surface area contributed by atoms with E-state index in [1.54, 1.807) is 44.7 Å². The third kappa shape index (κ3) is 5.46. The topological polar surface area (TPSA) is 87.9 Å². The summed E-state index contributed by atoms with van der Waals surface area (Å²) in [5.41, 5.74) is 2.01. The number of aromatic nitrogens is 1. The van der Waals surface area contributed by atoms with Crippen LogP contribution >= 0.6 is 0 Å². The van der Waals surface area contributed by atoms with E-state index in [0.717, 1.165) is 12.0 Å². The highest BCUT2D eigenvalue weighted by atomic mass is 16.5. The lowest BCUT2D eigenvalue weighted by Crippen LogP contribution is -2.35. The Morgan fingerprint density at radius 3 is 2.43 bits per heavy atom. The summed E-state index contributed by atoms with van der Waals surface area (Å²) in [4.78, 5) is 21.7. The summed E-state index contributed by atoms with van der Waals surface area (Å²) in [6.45, 7) is 2.76. The van der Waals surface area contributed by atoms with E-state index in [4.69, 9.17) is 14.2 Å². The van der Waals surface area contributed by atoms with Gasteiger partial charge in [0.2, 0.25) is 5.75 Å². The summed E-state index contributed by atoms with van der Waals surface area (Å²) in [5.74, 6) is 1.88. The number of methoxy groups -OCH3 is 2. The Bertz CT molecular complexity index is 1180. The molecule has 1 aliphatic rings. The largest absolute Gasteiger partial charge is 0.493 e. The zero-order valence-electron chi connectivity index (χ0n) is 19.9. The molecule has 2 heterocycles. The maximum absolute atomic E-state index is 13.4. The van der Waals surface area contributed by atoms with Gasteiger partial charge >= 0.3 is 0 Å². The predicted molar refractivity (Wildman–Crippen MR) is 132 cm³/mol. The van der Waals surface area contributed by atoms with Gasteiger partial charge in [0.05, 0.1) is 19.8 Å². The van der Waals surface area contributed by atoms with Crippen molar-refractivity contribution in [2.75, 3.05) is 45.3 Å². The number of nitrogens with zero attached hydrogens (tertiary/aromatic N) is 4. The average molecular weight is 473 g/mol.